The Hall–Kier alpha value is -6.58. The zero-order chi connectivity index (χ0) is 56.3. The number of amides is 2. The lowest BCUT2D eigenvalue weighted by Gasteiger charge is -2.38. The van der Waals surface area contributed by atoms with Crippen LogP contribution < -0.4 is 15.8 Å². The van der Waals surface area contributed by atoms with E-state index >= 15 is 0 Å². The molecule has 2 fully saturated rings. The Kier molecular flexibility index (Phi) is 21.0. The average Bonchev–Trinajstić information content (AvgIpc) is 3.63. The number of nitrogens with zero attached hydrogens (tertiary/aromatic N) is 3. The summed E-state index contributed by atoms with van der Waals surface area (Å²) in [6.07, 6.45) is 14.4. The van der Waals surface area contributed by atoms with E-state index in [0.717, 1.165) is 25.9 Å². The number of hydrogen-bond acceptors (Lipinski definition) is 18. The minimum absolute atomic E-state index is 0.0539. The molecule has 0 saturated carbocycles. The molecule has 20 heteroatoms. The second kappa shape index (κ2) is 26.5. The summed E-state index contributed by atoms with van der Waals surface area (Å²) >= 11 is 0. The lowest BCUT2D eigenvalue weighted by molar-refractivity contribution is -0.169. The number of nitrogens with two attached hydrogens (primary N) is 1. The van der Waals surface area contributed by atoms with Crippen molar-refractivity contribution >= 4 is 52.0 Å². The van der Waals surface area contributed by atoms with Crippen molar-refractivity contribution < 1.29 is 73.2 Å². The Morgan fingerprint density at radius 2 is 1.59 bits per heavy atom. The van der Waals surface area contributed by atoms with Gasteiger partial charge in [-0.25, -0.2) is 0 Å². The van der Waals surface area contributed by atoms with Crippen LogP contribution in [-0.2, 0) is 38.1 Å². The van der Waals surface area contributed by atoms with Crippen LogP contribution in [0.4, 0.5) is 5.69 Å². The molecule has 0 radical (unpaired) electrons. The van der Waals surface area contributed by atoms with Gasteiger partial charge in [-0.3, -0.25) is 29.0 Å². The first-order valence-corrected chi connectivity index (χ1v) is 25.7. The summed E-state index contributed by atoms with van der Waals surface area (Å²) in [5, 5.41) is 66.8. The standard InChI is InChI=1S/C43H58N4O12.C13H19NO3/c1-21-12-11-13-22(2)42(55)45-33-28(20-44-47-17-15-46(9)16-18-47)37(52)30-31(38(33)53)36(51)26(6)40-32(30)41(54)43(8,59-40)57-19-14-29(56-10)23(3)39(58-27(7)48)25(5)35(50)24(4)34(21)49;1-2-3-4-5-6-7-8-10(15)11-9-12(17-11)13(14)16/h11-14,19-21,23-25,29,34-35,39,49-53H,15-18H2,1-10H3,(H,45,55);2-3,5-6,11-12H,4,7-9H2,1H3,(H2,14,16)/b12-11+,19-14+,22-13-,44-20+;3-2+,6-5+/t21-,23+,24+,25+,29-,34-,35+,39+,43-;/m0./s1. The van der Waals surface area contributed by atoms with Crippen LogP contribution >= 0.6 is 0 Å². The number of methoxy groups -OCH3 is 1. The number of anilines is 1. The maximum Gasteiger partial charge on any atom is 0.312 e. The van der Waals surface area contributed by atoms with Crippen LogP contribution in [0.5, 0.6) is 23.0 Å². The highest BCUT2D eigenvalue weighted by molar-refractivity contribution is 6.24. The van der Waals surface area contributed by atoms with E-state index in [1.54, 1.807) is 44.9 Å². The number of Topliss-reactive ketones (excluding diaryl/α,β-unsaturated/α-hetero) is 2. The van der Waals surface area contributed by atoms with E-state index in [1.807, 2.05) is 38.3 Å². The highest BCUT2D eigenvalue weighted by Gasteiger charge is 2.50. The van der Waals surface area contributed by atoms with Gasteiger partial charge in [0.15, 0.2) is 11.5 Å². The number of hydrogen-bond donors (Lipinski definition) is 7. The van der Waals surface area contributed by atoms with E-state index in [4.69, 9.17) is 29.4 Å². The summed E-state index contributed by atoms with van der Waals surface area (Å²) in [5.74, 6) is -8.77. The van der Waals surface area contributed by atoms with Gasteiger partial charge in [-0.1, -0.05) is 70.2 Å². The molecule has 2 unspecified atom stereocenters. The SMILES string of the molecule is C/C=C/C/C=C/CCC(=O)C1CC(C(N)=O)O1.CO[C@H]1/C=C/O[C@@]2(C)Oc3c(C)c(O)c4c(O)c(c(/C=N/N5CCN(C)CC5)c(O)c4c3C2=O)NC(=O)/C(C)=C\C=C\[C@H](C)[C@H](O)[C@@H](C)[C@@H](O)[C@@H](C)[C@H](OC(C)=O)[C@@H]1C. The van der Waals surface area contributed by atoms with E-state index < -0.39 is 107 Å². The number of nitrogens with one attached hydrogen (secondary N) is 1. The van der Waals surface area contributed by atoms with Gasteiger partial charge in [-0.05, 0) is 46.7 Å². The Bertz CT molecular complexity index is 2650. The van der Waals surface area contributed by atoms with Crippen molar-refractivity contribution in [3.8, 4) is 23.0 Å². The molecular formula is C56H77N5O15. The fourth-order valence-electron chi connectivity index (χ4n) is 9.51. The normalized spacial score (nSPS) is 30.3. The third-order valence-corrected chi connectivity index (χ3v) is 14.5. The van der Waals surface area contributed by atoms with Gasteiger partial charge in [0.25, 0.3) is 11.7 Å². The molecule has 5 bridgehead atoms. The Balaban J connectivity index is 0.000000533. The molecule has 5 aliphatic rings. The second-order valence-electron chi connectivity index (χ2n) is 20.2. The van der Waals surface area contributed by atoms with Crippen LogP contribution in [0, 0.1) is 30.6 Å². The molecule has 0 aliphatic carbocycles. The molecule has 2 aromatic carbocycles. The van der Waals surface area contributed by atoms with E-state index in [-0.39, 0.29) is 50.3 Å². The molecule has 416 valence electrons. The van der Waals surface area contributed by atoms with Gasteiger partial charge < -0.3 is 65.2 Å². The molecule has 2 aromatic rings. The number of fused-ring (bicyclic) bond motifs is 14. The van der Waals surface area contributed by atoms with Gasteiger partial charge in [0.1, 0.15) is 35.6 Å². The maximum absolute atomic E-state index is 14.4. The third-order valence-electron chi connectivity index (χ3n) is 14.5. The van der Waals surface area contributed by atoms with Crippen molar-refractivity contribution in [3.05, 3.63) is 77.1 Å². The van der Waals surface area contributed by atoms with Crippen molar-refractivity contribution in [2.24, 2.45) is 34.5 Å². The zero-order valence-corrected chi connectivity index (χ0v) is 45.4. The fraction of sp³-hybridized carbons (Fsp3) is 0.536. The molecule has 11 atom stereocenters. The molecular weight excluding hydrogens is 983 g/mol. The van der Waals surface area contributed by atoms with Crippen molar-refractivity contribution in [1.29, 1.82) is 0 Å². The van der Waals surface area contributed by atoms with Crippen LogP contribution in [0.25, 0.3) is 10.8 Å². The number of ether oxygens (including phenoxy) is 5. The number of rotatable bonds is 11. The van der Waals surface area contributed by atoms with E-state index in [9.17, 15) is 49.5 Å². The summed E-state index contributed by atoms with van der Waals surface area (Å²) in [6.45, 7) is 17.1. The fourth-order valence-corrected chi connectivity index (χ4v) is 9.51. The topological polar surface area (TPSA) is 290 Å². The summed E-state index contributed by atoms with van der Waals surface area (Å²) in [5.41, 5.74) is 4.69. The predicted molar refractivity (Wildman–Crippen MR) is 286 cm³/mol. The number of phenols is 3. The largest absolute Gasteiger partial charge is 0.507 e. The second-order valence-corrected chi connectivity index (χ2v) is 20.2. The number of esters is 1. The van der Waals surface area contributed by atoms with Crippen molar-refractivity contribution in [3.63, 3.8) is 0 Å². The molecule has 76 heavy (non-hydrogen) atoms. The molecule has 0 spiro atoms. The number of piperazine rings is 1. The summed E-state index contributed by atoms with van der Waals surface area (Å²) in [4.78, 5) is 64.9. The lowest BCUT2D eigenvalue weighted by Crippen LogP contribution is -2.49. The van der Waals surface area contributed by atoms with Gasteiger partial charge in [0.2, 0.25) is 5.91 Å². The number of ketones is 2. The molecule has 5 aliphatic heterocycles. The number of aliphatic hydroxyl groups is 2. The summed E-state index contributed by atoms with van der Waals surface area (Å²) < 4.78 is 28.7. The van der Waals surface area contributed by atoms with Crippen LogP contribution in [0.2, 0.25) is 0 Å². The molecule has 8 N–H and O–H groups in total. The maximum atomic E-state index is 14.4. The van der Waals surface area contributed by atoms with Gasteiger partial charge in [0, 0.05) is 100 Å². The smallest absolute Gasteiger partial charge is 0.312 e. The molecule has 0 aromatic heterocycles. The van der Waals surface area contributed by atoms with Gasteiger partial charge >= 0.3 is 11.8 Å². The van der Waals surface area contributed by atoms with Crippen LogP contribution in [0.3, 0.4) is 0 Å². The van der Waals surface area contributed by atoms with Crippen LogP contribution in [0.1, 0.15) is 103 Å². The number of carbonyl (C=O) groups excluding carboxylic acids is 5. The molecule has 2 amide bonds. The minimum atomic E-state index is -2.04. The number of phenolic OH excluding ortho intramolecular Hbond substituents is 3. The summed E-state index contributed by atoms with van der Waals surface area (Å²) in [6, 6.07) is 0. The van der Waals surface area contributed by atoms with Crippen LogP contribution in [0.15, 0.2) is 65.5 Å². The Morgan fingerprint density at radius 3 is 2.21 bits per heavy atom. The van der Waals surface area contributed by atoms with Crippen molar-refractivity contribution in [2.45, 2.75) is 130 Å². The first kappa shape index (κ1) is 60.3. The average molecular weight is 1060 g/mol. The predicted octanol–water partition coefficient (Wildman–Crippen LogP) is 5.84. The van der Waals surface area contributed by atoms with Crippen molar-refractivity contribution in [1.82, 2.24) is 9.91 Å². The highest BCUT2D eigenvalue weighted by Crippen LogP contribution is 2.55. The van der Waals surface area contributed by atoms with E-state index in [2.05, 4.69) is 15.3 Å². The Morgan fingerprint density at radius 1 is 0.921 bits per heavy atom. The Labute approximate surface area is 444 Å². The molecule has 20 nitrogen and oxygen atoms in total. The quantitative estimate of drug-likeness (QED) is 0.0458. The van der Waals surface area contributed by atoms with Crippen LogP contribution in [-0.4, -0.2) is 154 Å². The van der Waals surface area contributed by atoms with Gasteiger partial charge in [-0.15, -0.1) is 0 Å². The van der Waals surface area contributed by atoms with Gasteiger partial charge in [-0.2, -0.15) is 5.10 Å². The number of aromatic hydroxyl groups is 3. The van der Waals surface area contributed by atoms with Crippen molar-refractivity contribution in [2.75, 3.05) is 45.7 Å². The monoisotopic (exact) mass is 1060 g/mol. The first-order chi connectivity index (χ1) is 35.9. The number of primary amides is 1. The van der Waals surface area contributed by atoms with E-state index in [0.29, 0.717) is 25.9 Å². The number of hydrazone groups is 1. The number of allylic oxidation sites excluding steroid dienone is 6. The highest BCUT2D eigenvalue weighted by atomic mass is 16.7. The zero-order valence-electron chi connectivity index (χ0n) is 45.4. The third kappa shape index (κ3) is 13.9. The van der Waals surface area contributed by atoms with E-state index in [1.165, 1.54) is 59.4 Å². The molecule has 7 rings (SSSR count). The minimum Gasteiger partial charge on any atom is -0.507 e. The molecule has 5 heterocycles. The van der Waals surface area contributed by atoms with Gasteiger partial charge in [0.05, 0.1) is 53.0 Å². The number of likely N-dealkylation sites (N-methyl/N-ethyl adjacent to an activating group) is 1. The molecule has 2 saturated heterocycles. The lowest BCUT2D eigenvalue weighted by atomic mass is 9.78. The summed E-state index contributed by atoms with van der Waals surface area (Å²) in [7, 11) is 3.42. The first-order valence-electron chi connectivity index (χ1n) is 25.7. The number of aliphatic hydroxyl groups excluding tert-OH is 2. The number of benzene rings is 2. The number of carbonyl (C=O) groups is 5.